The average molecular weight is 273 g/mol. The van der Waals surface area contributed by atoms with E-state index in [0.717, 1.165) is 5.75 Å². The molecule has 2 aromatic rings. The third kappa shape index (κ3) is 3.17. The van der Waals surface area contributed by atoms with Gasteiger partial charge in [0, 0.05) is 6.20 Å². The van der Waals surface area contributed by atoms with Crippen LogP contribution >= 0.6 is 0 Å². The first-order chi connectivity index (χ1) is 9.74. The fourth-order valence-corrected chi connectivity index (χ4v) is 1.60. The van der Waals surface area contributed by atoms with E-state index in [0.29, 0.717) is 17.9 Å². The summed E-state index contributed by atoms with van der Waals surface area (Å²) in [5.74, 6) is 1.56. The normalized spacial score (nSPS) is 11.2. The molecule has 0 spiro atoms. The highest BCUT2D eigenvalue weighted by Gasteiger charge is 2.10. The number of hydrogen-bond acceptors (Lipinski definition) is 5. The average Bonchev–Trinajstić information content (AvgIpc) is 2.49. The van der Waals surface area contributed by atoms with Gasteiger partial charge in [-0.1, -0.05) is 5.16 Å². The quantitative estimate of drug-likeness (QED) is 0.378. The van der Waals surface area contributed by atoms with Crippen LogP contribution in [-0.2, 0) is 0 Å². The van der Waals surface area contributed by atoms with Crippen molar-refractivity contribution in [2.24, 2.45) is 10.9 Å². The minimum atomic E-state index is -0.0564. The summed E-state index contributed by atoms with van der Waals surface area (Å²) in [6, 6.07) is 10.5. The Kier molecular flexibility index (Phi) is 4.39. The van der Waals surface area contributed by atoms with Crippen LogP contribution in [0, 0.1) is 0 Å². The SMILES string of the molecule is CCOc1ccc(Oc2ncccc2/C(N)=N/O)cc1. The molecule has 0 amide bonds. The zero-order chi connectivity index (χ0) is 14.4. The van der Waals surface area contributed by atoms with E-state index < -0.39 is 0 Å². The van der Waals surface area contributed by atoms with Crippen LogP contribution in [0.5, 0.6) is 17.4 Å². The molecule has 0 fully saturated rings. The Bertz CT molecular complexity index is 597. The molecule has 20 heavy (non-hydrogen) atoms. The summed E-state index contributed by atoms with van der Waals surface area (Å²) in [5.41, 5.74) is 5.99. The zero-order valence-corrected chi connectivity index (χ0v) is 11.0. The highest BCUT2D eigenvalue weighted by molar-refractivity contribution is 5.99. The lowest BCUT2D eigenvalue weighted by molar-refractivity contribution is 0.318. The number of ether oxygens (including phenoxy) is 2. The van der Waals surface area contributed by atoms with E-state index in [1.165, 1.54) is 0 Å². The molecular weight excluding hydrogens is 258 g/mol. The lowest BCUT2D eigenvalue weighted by atomic mass is 10.2. The molecule has 0 atom stereocenters. The number of aromatic nitrogens is 1. The fourth-order valence-electron chi connectivity index (χ4n) is 1.60. The highest BCUT2D eigenvalue weighted by atomic mass is 16.5. The molecule has 104 valence electrons. The van der Waals surface area contributed by atoms with Gasteiger partial charge in [0.25, 0.3) is 0 Å². The molecule has 0 aliphatic carbocycles. The monoisotopic (exact) mass is 273 g/mol. The molecular formula is C14H15N3O3. The van der Waals surface area contributed by atoms with Gasteiger partial charge in [0.1, 0.15) is 11.5 Å². The van der Waals surface area contributed by atoms with Gasteiger partial charge in [0.2, 0.25) is 5.88 Å². The standard InChI is InChI=1S/C14H15N3O3/c1-2-19-10-5-7-11(8-6-10)20-14-12(13(15)17-18)4-3-9-16-14/h3-9,18H,2H2,1H3,(H2,15,17). The van der Waals surface area contributed by atoms with Crippen molar-refractivity contribution < 1.29 is 14.7 Å². The molecule has 0 radical (unpaired) electrons. The minimum Gasteiger partial charge on any atom is -0.494 e. The van der Waals surface area contributed by atoms with E-state index in [1.54, 1.807) is 42.6 Å². The summed E-state index contributed by atoms with van der Waals surface area (Å²) < 4.78 is 11.0. The van der Waals surface area contributed by atoms with Gasteiger partial charge in [0.15, 0.2) is 5.84 Å². The Hall–Kier alpha value is -2.76. The maximum absolute atomic E-state index is 8.74. The lowest BCUT2D eigenvalue weighted by Crippen LogP contribution is -2.14. The van der Waals surface area contributed by atoms with Crippen LogP contribution in [0.2, 0.25) is 0 Å². The second kappa shape index (κ2) is 6.42. The molecule has 2 rings (SSSR count). The zero-order valence-electron chi connectivity index (χ0n) is 11.0. The number of nitrogens with two attached hydrogens (primary N) is 1. The van der Waals surface area contributed by atoms with Crippen LogP contribution in [0.15, 0.2) is 47.8 Å². The van der Waals surface area contributed by atoms with Gasteiger partial charge < -0.3 is 20.4 Å². The van der Waals surface area contributed by atoms with Gasteiger partial charge in [0.05, 0.1) is 12.2 Å². The first-order valence-corrected chi connectivity index (χ1v) is 6.08. The summed E-state index contributed by atoms with van der Waals surface area (Å²) in [4.78, 5) is 4.08. The van der Waals surface area contributed by atoms with Crippen molar-refractivity contribution in [2.45, 2.75) is 6.92 Å². The largest absolute Gasteiger partial charge is 0.494 e. The summed E-state index contributed by atoms with van der Waals surface area (Å²) in [6.07, 6.45) is 1.57. The maximum atomic E-state index is 8.74. The molecule has 6 heteroatoms. The summed E-state index contributed by atoms with van der Waals surface area (Å²) in [7, 11) is 0. The number of nitrogens with zero attached hydrogens (tertiary/aromatic N) is 2. The van der Waals surface area contributed by atoms with Crippen molar-refractivity contribution in [1.29, 1.82) is 0 Å². The van der Waals surface area contributed by atoms with E-state index in [1.807, 2.05) is 6.92 Å². The van der Waals surface area contributed by atoms with E-state index in [4.69, 9.17) is 20.4 Å². The number of oxime groups is 1. The van der Waals surface area contributed by atoms with Crippen LogP contribution in [0.4, 0.5) is 0 Å². The molecule has 0 aliphatic rings. The molecule has 1 aromatic heterocycles. The molecule has 1 aromatic carbocycles. The Morgan fingerprint density at radius 3 is 2.60 bits per heavy atom. The molecule has 0 saturated carbocycles. The van der Waals surface area contributed by atoms with Crippen LogP contribution in [0.3, 0.4) is 0 Å². The smallest absolute Gasteiger partial charge is 0.230 e. The Labute approximate surface area is 116 Å². The minimum absolute atomic E-state index is 0.0564. The van der Waals surface area contributed by atoms with Gasteiger partial charge in [-0.25, -0.2) is 4.98 Å². The summed E-state index contributed by atoms with van der Waals surface area (Å²) in [5, 5.41) is 11.7. The van der Waals surface area contributed by atoms with Gasteiger partial charge in [-0.3, -0.25) is 0 Å². The van der Waals surface area contributed by atoms with E-state index >= 15 is 0 Å². The Morgan fingerprint density at radius 1 is 1.25 bits per heavy atom. The molecule has 0 saturated heterocycles. The molecule has 6 nitrogen and oxygen atoms in total. The van der Waals surface area contributed by atoms with Crippen molar-refractivity contribution >= 4 is 5.84 Å². The number of amidine groups is 1. The van der Waals surface area contributed by atoms with E-state index in [2.05, 4.69) is 10.1 Å². The first-order valence-electron chi connectivity index (χ1n) is 6.08. The van der Waals surface area contributed by atoms with Crippen molar-refractivity contribution in [3.63, 3.8) is 0 Å². The Morgan fingerprint density at radius 2 is 1.95 bits per heavy atom. The second-order valence-corrected chi connectivity index (χ2v) is 3.85. The molecule has 0 aliphatic heterocycles. The van der Waals surface area contributed by atoms with Crippen LogP contribution in [0.25, 0.3) is 0 Å². The highest BCUT2D eigenvalue weighted by Crippen LogP contribution is 2.24. The first kappa shape index (κ1) is 13.7. The van der Waals surface area contributed by atoms with E-state index in [9.17, 15) is 0 Å². The van der Waals surface area contributed by atoms with Crippen molar-refractivity contribution in [3.8, 4) is 17.4 Å². The molecule has 0 unspecified atom stereocenters. The number of rotatable bonds is 5. The fraction of sp³-hybridized carbons (Fsp3) is 0.143. The van der Waals surface area contributed by atoms with Crippen LogP contribution in [0.1, 0.15) is 12.5 Å². The van der Waals surface area contributed by atoms with Gasteiger partial charge in [-0.15, -0.1) is 0 Å². The second-order valence-electron chi connectivity index (χ2n) is 3.85. The Balaban J connectivity index is 2.21. The third-order valence-corrected chi connectivity index (χ3v) is 2.50. The maximum Gasteiger partial charge on any atom is 0.230 e. The van der Waals surface area contributed by atoms with Crippen molar-refractivity contribution in [1.82, 2.24) is 4.98 Å². The topological polar surface area (TPSA) is 90.0 Å². The number of hydrogen-bond donors (Lipinski definition) is 2. The predicted molar refractivity (Wildman–Crippen MR) is 74.4 cm³/mol. The van der Waals surface area contributed by atoms with Gasteiger partial charge >= 0.3 is 0 Å². The van der Waals surface area contributed by atoms with Crippen molar-refractivity contribution in [2.75, 3.05) is 6.61 Å². The van der Waals surface area contributed by atoms with E-state index in [-0.39, 0.29) is 11.7 Å². The molecule has 3 N–H and O–H groups in total. The lowest BCUT2D eigenvalue weighted by Gasteiger charge is -2.09. The van der Waals surface area contributed by atoms with Crippen LogP contribution in [-0.4, -0.2) is 22.6 Å². The number of pyridine rings is 1. The summed E-state index contributed by atoms with van der Waals surface area (Å²) >= 11 is 0. The van der Waals surface area contributed by atoms with Crippen LogP contribution < -0.4 is 15.2 Å². The third-order valence-electron chi connectivity index (χ3n) is 2.50. The summed E-state index contributed by atoms with van der Waals surface area (Å²) in [6.45, 7) is 2.52. The van der Waals surface area contributed by atoms with Gasteiger partial charge in [-0.05, 0) is 43.3 Å². The molecule has 0 bridgehead atoms. The molecule has 1 heterocycles. The predicted octanol–water partition coefficient (Wildman–Crippen LogP) is 2.37. The van der Waals surface area contributed by atoms with Crippen molar-refractivity contribution in [3.05, 3.63) is 48.2 Å². The number of benzene rings is 1. The van der Waals surface area contributed by atoms with Gasteiger partial charge in [-0.2, -0.15) is 0 Å².